The van der Waals surface area contributed by atoms with Crippen molar-refractivity contribution in [1.82, 2.24) is 15.1 Å². The number of hydrogen-bond acceptors (Lipinski definition) is 3. The highest BCUT2D eigenvalue weighted by atomic mass is 35.5. The number of rotatable bonds is 4. The molecule has 1 heterocycles. The quantitative estimate of drug-likeness (QED) is 0.904. The standard InChI is InChI=1S/C19H23ClN4O/c1-12-16(10-18(25)22-17(11-21)19(3,4)5)13(2)24(23-12)15-8-6-14(20)7-9-15/h6-9,17H,10H2,1-5H3,(H,22,25)/t17-/m0/s1. The van der Waals surface area contributed by atoms with Crippen molar-refractivity contribution >= 4 is 17.5 Å². The van der Waals surface area contributed by atoms with Gasteiger partial charge in [-0.05, 0) is 43.5 Å². The predicted octanol–water partition coefficient (Wildman–Crippen LogP) is 3.74. The minimum atomic E-state index is -0.535. The first-order valence-electron chi connectivity index (χ1n) is 8.13. The fourth-order valence-corrected chi connectivity index (χ4v) is 2.71. The lowest BCUT2D eigenvalue weighted by Crippen LogP contribution is -2.43. The normalized spacial score (nSPS) is 12.5. The molecule has 0 saturated heterocycles. The van der Waals surface area contributed by atoms with Crippen LogP contribution in [0.15, 0.2) is 24.3 Å². The Labute approximate surface area is 153 Å². The zero-order chi connectivity index (χ0) is 18.8. The second-order valence-electron chi connectivity index (χ2n) is 7.21. The largest absolute Gasteiger partial charge is 0.340 e. The molecule has 1 aromatic carbocycles. The Hall–Kier alpha value is -2.32. The van der Waals surface area contributed by atoms with Crippen LogP contribution in [-0.4, -0.2) is 21.7 Å². The van der Waals surface area contributed by atoms with E-state index in [2.05, 4.69) is 16.5 Å². The molecule has 0 bridgehead atoms. The van der Waals surface area contributed by atoms with E-state index in [0.717, 1.165) is 22.6 Å². The SMILES string of the molecule is Cc1nn(-c2ccc(Cl)cc2)c(C)c1CC(=O)N[C@@H](C#N)C(C)(C)C. The van der Waals surface area contributed by atoms with Crippen molar-refractivity contribution in [2.75, 3.05) is 0 Å². The van der Waals surface area contributed by atoms with Crippen LogP contribution < -0.4 is 5.32 Å². The molecule has 1 amide bonds. The Morgan fingerprint density at radius 1 is 1.32 bits per heavy atom. The number of halogens is 1. The average Bonchev–Trinajstić information content (AvgIpc) is 2.80. The summed E-state index contributed by atoms with van der Waals surface area (Å²) in [5.41, 5.74) is 3.15. The number of carbonyl (C=O) groups excluding carboxylic acids is 1. The molecule has 5 nitrogen and oxygen atoms in total. The van der Waals surface area contributed by atoms with Crippen molar-refractivity contribution < 1.29 is 4.79 Å². The maximum atomic E-state index is 12.4. The molecule has 0 spiro atoms. The second kappa shape index (κ2) is 7.28. The van der Waals surface area contributed by atoms with Crippen LogP contribution in [0.2, 0.25) is 5.02 Å². The summed E-state index contributed by atoms with van der Waals surface area (Å²) >= 11 is 5.93. The Kier molecular flexibility index (Phi) is 5.54. The molecule has 1 N–H and O–H groups in total. The van der Waals surface area contributed by atoms with Crippen LogP contribution in [0.1, 0.15) is 37.7 Å². The molecule has 0 radical (unpaired) electrons. The fourth-order valence-electron chi connectivity index (χ4n) is 2.58. The van der Waals surface area contributed by atoms with E-state index in [-0.39, 0.29) is 17.7 Å². The molecular weight excluding hydrogens is 336 g/mol. The van der Waals surface area contributed by atoms with E-state index in [1.54, 1.807) is 16.8 Å². The van der Waals surface area contributed by atoms with Crippen LogP contribution in [-0.2, 0) is 11.2 Å². The molecule has 0 aliphatic rings. The highest BCUT2D eigenvalue weighted by Gasteiger charge is 2.26. The summed E-state index contributed by atoms with van der Waals surface area (Å²) in [5.74, 6) is -0.177. The van der Waals surface area contributed by atoms with Gasteiger partial charge in [-0.2, -0.15) is 10.4 Å². The molecule has 0 fully saturated rings. The predicted molar refractivity (Wildman–Crippen MR) is 98.8 cm³/mol. The van der Waals surface area contributed by atoms with Crippen molar-refractivity contribution in [3.8, 4) is 11.8 Å². The van der Waals surface area contributed by atoms with E-state index in [0.29, 0.717) is 5.02 Å². The van der Waals surface area contributed by atoms with E-state index in [4.69, 9.17) is 11.6 Å². The molecule has 2 rings (SSSR count). The lowest BCUT2D eigenvalue weighted by atomic mass is 9.87. The van der Waals surface area contributed by atoms with Gasteiger partial charge in [0.15, 0.2) is 0 Å². The molecule has 132 valence electrons. The smallest absolute Gasteiger partial charge is 0.225 e. The van der Waals surface area contributed by atoms with E-state index in [1.165, 1.54) is 0 Å². The van der Waals surface area contributed by atoms with Crippen LogP contribution in [0, 0.1) is 30.6 Å². The first-order valence-corrected chi connectivity index (χ1v) is 8.51. The number of hydrogen-bond donors (Lipinski definition) is 1. The van der Waals surface area contributed by atoms with Gasteiger partial charge >= 0.3 is 0 Å². The molecule has 1 atom stereocenters. The topological polar surface area (TPSA) is 70.7 Å². The first kappa shape index (κ1) is 19.0. The van der Waals surface area contributed by atoms with Crippen molar-refractivity contribution in [3.05, 3.63) is 46.2 Å². The van der Waals surface area contributed by atoms with Gasteiger partial charge in [-0.3, -0.25) is 4.79 Å². The molecule has 1 aromatic heterocycles. The lowest BCUT2D eigenvalue weighted by Gasteiger charge is -2.25. The van der Waals surface area contributed by atoms with E-state index >= 15 is 0 Å². The van der Waals surface area contributed by atoms with Crippen LogP contribution >= 0.6 is 11.6 Å². The number of amides is 1. The monoisotopic (exact) mass is 358 g/mol. The summed E-state index contributed by atoms with van der Waals surface area (Å²) in [6, 6.07) is 9.01. The molecule has 0 unspecified atom stereocenters. The fraction of sp³-hybridized carbons (Fsp3) is 0.421. The summed E-state index contributed by atoms with van der Waals surface area (Å²) in [6.45, 7) is 9.60. The van der Waals surface area contributed by atoms with Gasteiger partial charge in [-0.25, -0.2) is 4.68 Å². The molecule has 0 saturated carbocycles. The van der Waals surface area contributed by atoms with Gasteiger partial charge < -0.3 is 5.32 Å². The number of nitrogens with one attached hydrogen (secondary N) is 1. The molecule has 6 heteroatoms. The van der Waals surface area contributed by atoms with Crippen LogP contribution in [0.25, 0.3) is 5.69 Å². The maximum Gasteiger partial charge on any atom is 0.225 e. The Balaban J connectivity index is 2.22. The van der Waals surface area contributed by atoms with Gasteiger partial charge in [0.05, 0.1) is 23.9 Å². The summed E-state index contributed by atoms with van der Waals surface area (Å²) in [4.78, 5) is 12.4. The van der Waals surface area contributed by atoms with Crippen LogP contribution in [0.5, 0.6) is 0 Å². The summed E-state index contributed by atoms with van der Waals surface area (Å²) < 4.78 is 1.81. The van der Waals surface area contributed by atoms with Gasteiger partial charge in [0, 0.05) is 16.3 Å². The number of nitriles is 1. The minimum Gasteiger partial charge on any atom is -0.340 e. The summed E-state index contributed by atoms with van der Waals surface area (Å²) in [7, 11) is 0. The van der Waals surface area contributed by atoms with Gasteiger partial charge in [0.2, 0.25) is 5.91 Å². The number of benzene rings is 1. The van der Waals surface area contributed by atoms with Gasteiger partial charge in [-0.15, -0.1) is 0 Å². The second-order valence-corrected chi connectivity index (χ2v) is 7.65. The van der Waals surface area contributed by atoms with Crippen molar-refractivity contribution in [1.29, 1.82) is 5.26 Å². The molecule has 0 aliphatic heterocycles. The average molecular weight is 359 g/mol. The van der Waals surface area contributed by atoms with Gasteiger partial charge in [-0.1, -0.05) is 32.4 Å². The highest BCUT2D eigenvalue weighted by molar-refractivity contribution is 6.30. The first-order chi connectivity index (χ1) is 11.6. The Morgan fingerprint density at radius 2 is 1.92 bits per heavy atom. The third-order valence-corrected chi connectivity index (χ3v) is 4.40. The van der Waals surface area contributed by atoms with Crippen molar-refractivity contribution in [3.63, 3.8) is 0 Å². The summed E-state index contributed by atoms with van der Waals surface area (Å²) in [6.07, 6.45) is 0.194. The van der Waals surface area contributed by atoms with Crippen molar-refractivity contribution in [2.45, 2.75) is 47.1 Å². The lowest BCUT2D eigenvalue weighted by molar-refractivity contribution is -0.121. The Bertz CT molecular complexity index is 810. The molecule has 2 aromatic rings. The van der Waals surface area contributed by atoms with E-state index in [9.17, 15) is 10.1 Å². The third-order valence-electron chi connectivity index (χ3n) is 4.15. The number of nitrogens with zero attached hydrogens (tertiary/aromatic N) is 3. The maximum absolute atomic E-state index is 12.4. The number of carbonyl (C=O) groups is 1. The van der Waals surface area contributed by atoms with Crippen LogP contribution in [0.3, 0.4) is 0 Å². The van der Waals surface area contributed by atoms with Crippen LogP contribution in [0.4, 0.5) is 0 Å². The Morgan fingerprint density at radius 3 is 2.44 bits per heavy atom. The molecule has 0 aliphatic carbocycles. The summed E-state index contributed by atoms with van der Waals surface area (Å²) in [5, 5.41) is 17.3. The highest BCUT2D eigenvalue weighted by Crippen LogP contribution is 2.21. The zero-order valence-corrected chi connectivity index (χ0v) is 16.0. The molecule has 25 heavy (non-hydrogen) atoms. The van der Waals surface area contributed by atoms with E-state index < -0.39 is 6.04 Å². The number of aromatic nitrogens is 2. The van der Waals surface area contributed by atoms with Gasteiger partial charge in [0.25, 0.3) is 0 Å². The third kappa shape index (κ3) is 4.40. The number of aryl methyl sites for hydroxylation is 1. The van der Waals surface area contributed by atoms with Gasteiger partial charge in [0.1, 0.15) is 6.04 Å². The van der Waals surface area contributed by atoms with E-state index in [1.807, 2.05) is 46.8 Å². The van der Waals surface area contributed by atoms with Crippen molar-refractivity contribution in [2.24, 2.45) is 5.41 Å². The minimum absolute atomic E-state index is 0.177. The molecular formula is C19H23ClN4O. The zero-order valence-electron chi connectivity index (χ0n) is 15.2.